The zero-order valence-corrected chi connectivity index (χ0v) is 13.5. The van der Waals surface area contributed by atoms with Crippen molar-refractivity contribution in [1.29, 1.82) is 0 Å². The maximum Gasteiger partial charge on any atom is 0.347 e. The van der Waals surface area contributed by atoms with Crippen LogP contribution in [0.15, 0.2) is 0 Å². The fourth-order valence-electron chi connectivity index (χ4n) is 1.10. The van der Waals surface area contributed by atoms with Gasteiger partial charge in [0.25, 0.3) is 10.0 Å². The average molecular weight is 356 g/mol. The lowest BCUT2D eigenvalue weighted by molar-refractivity contribution is 0.164. The number of hydrazine groups is 1. The van der Waals surface area contributed by atoms with E-state index >= 15 is 0 Å². The number of nitrogens with one attached hydrogen (secondary N) is 1. The molecule has 8 nitrogen and oxygen atoms in total. The van der Waals surface area contributed by atoms with E-state index in [9.17, 15) is 21.6 Å². The van der Waals surface area contributed by atoms with Crippen molar-refractivity contribution in [1.82, 2.24) is 14.1 Å². The van der Waals surface area contributed by atoms with Gasteiger partial charge in [-0.3, -0.25) is 0 Å². The standard InChI is InChI=1S/C7H15Cl2N3O5S2/c1-18(14,15)11(6-4-9)12(19(2,16)17)7(13)10-5-3-8/h3-6H2,1-2H3,(H,10,13). The van der Waals surface area contributed by atoms with Crippen LogP contribution in [0.2, 0.25) is 0 Å². The Morgan fingerprint density at radius 1 is 1.05 bits per heavy atom. The maximum atomic E-state index is 11.7. The third-order valence-corrected chi connectivity index (χ3v) is 4.28. The second-order valence-corrected chi connectivity index (χ2v) is 7.88. The molecule has 114 valence electrons. The van der Waals surface area contributed by atoms with Crippen LogP contribution in [0.3, 0.4) is 0 Å². The lowest BCUT2D eigenvalue weighted by Crippen LogP contribution is -2.56. The van der Waals surface area contributed by atoms with E-state index in [1.807, 2.05) is 0 Å². The number of sulfonamides is 2. The lowest BCUT2D eigenvalue weighted by atomic mass is 10.7. The number of nitrogens with zero attached hydrogens (tertiary/aromatic N) is 2. The molecule has 2 amide bonds. The Morgan fingerprint density at radius 2 is 1.58 bits per heavy atom. The molecule has 1 N–H and O–H groups in total. The summed E-state index contributed by atoms with van der Waals surface area (Å²) in [5.41, 5.74) is 0. The minimum Gasteiger partial charge on any atom is -0.335 e. The fraction of sp³-hybridized carbons (Fsp3) is 0.857. The number of amides is 2. The SMILES string of the molecule is CS(=O)(=O)N(CCCl)N(C(=O)NCCCl)S(C)(=O)=O. The van der Waals surface area contributed by atoms with E-state index in [4.69, 9.17) is 23.2 Å². The summed E-state index contributed by atoms with van der Waals surface area (Å²) < 4.78 is 46.8. The zero-order valence-electron chi connectivity index (χ0n) is 10.3. The summed E-state index contributed by atoms with van der Waals surface area (Å²) >= 11 is 10.8. The van der Waals surface area contributed by atoms with Crippen molar-refractivity contribution in [3.63, 3.8) is 0 Å². The van der Waals surface area contributed by atoms with Crippen LogP contribution >= 0.6 is 23.2 Å². The number of rotatable bonds is 7. The first-order valence-electron chi connectivity index (χ1n) is 4.93. The summed E-state index contributed by atoms with van der Waals surface area (Å²) in [4.78, 5) is 11.7. The highest BCUT2D eigenvalue weighted by Gasteiger charge is 2.35. The van der Waals surface area contributed by atoms with Gasteiger partial charge in [-0.05, 0) is 0 Å². The maximum absolute atomic E-state index is 11.7. The number of alkyl halides is 2. The molecule has 0 aliphatic heterocycles. The van der Waals surface area contributed by atoms with Gasteiger partial charge in [-0.25, -0.2) is 21.6 Å². The van der Waals surface area contributed by atoms with Crippen molar-refractivity contribution in [2.75, 3.05) is 37.4 Å². The number of hydrogen-bond donors (Lipinski definition) is 1. The van der Waals surface area contributed by atoms with Gasteiger partial charge in [0.05, 0.1) is 12.5 Å². The Balaban J connectivity index is 5.51. The molecule has 0 aromatic rings. The molecule has 0 rings (SSSR count). The van der Waals surface area contributed by atoms with Gasteiger partial charge in [0, 0.05) is 24.8 Å². The zero-order chi connectivity index (χ0) is 15.3. The van der Waals surface area contributed by atoms with Gasteiger partial charge in [0.15, 0.2) is 0 Å². The summed E-state index contributed by atoms with van der Waals surface area (Å²) in [6.07, 6.45) is 1.48. The Kier molecular flexibility index (Phi) is 7.37. The lowest BCUT2D eigenvalue weighted by Gasteiger charge is -2.30. The van der Waals surface area contributed by atoms with Gasteiger partial charge in [-0.2, -0.15) is 0 Å². The number of carbonyl (C=O) groups excluding carboxylic acids is 1. The summed E-state index contributed by atoms with van der Waals surface area (Å²) in [5.74, 6) is -0.125. The average Bonchev–Trinajstić information content (AvgIpc) is 2.22. The molecule has 0 aromatic carbocycles. The molecule has 0 radical (unpaired) electrons. The van der Waals surface area contributed by atoms with Crippen LogP contribution in [0, 0.1) is 0 Å². The first-order chi connectivity index (χ1) is 8.55. The molecule has 0 heterocycles. The monoisotopic (exact) mass is 355 g/mol. The van der Waals surface area contributed by atoms with E-state index in [0.717, 1.165) is 6.26 Å². The van der Waals surface area contributed by atoms with Gasteiger partial charge in [-0.15, -0.1) is 27.6 Å². The quantitative estimate of drug-likeness (QED) is 0.494. The molecule has 19 heavy (non-hydrogen) atoms. The van der Waals surface area contributed by atoms with Crippen LogP contribution < -0.4 is 5.32 Å². The van der Waals surface area contributed by atoms with Gasteiger partial charge >= 0.3 is 6.03 Å². The van der Waals surface area contributed by atoms with E-state index in [1.165, 1.54) is 0 Å². The Morgan fingerprint density at radius 3 is 1.89 bits per heavy atom. The van der Waals surface area contributed by atoms with Crippen molar-refractivity contribution in [2.45, 2.75) is 0 Å². The molecular formula is C7H15Cl2N3O5S2. The first kappa shape index (κ1) is 18.7. The molecule has 12 heteroatoms. The molecule has 0 unspecified atom stereocenters. The molecule has 0 saturated carbocycles. The molecule has 0 aliphatic carbocycles. The normalized spacial score (nSPS) is 12.5. The van der Waals surface area contributed by atoms with Crippen LogP contribution in [0.25, 0.3) is 0 Å². The van der Waals surface area contributed by atoms with Crippen LogP contribution in [0.5, 0.6) is 0 Å². The van der Waals surface area contributed by atoms with E-state index in [1.54, 1.807) is 0 Å². The van der Waals surface area contributed by atoms with Gasteiger partial charge in [0.2, 0.25) is 10.0 Å². The Bertz CT molecular complexity index is 507. The van der Waals surface area contributed by atoms with E-state index < -0.39 is 26.1 Å². The molecule has 0 bridgehead atoms. The molecule has 0 aliphatic rings. The minimum atomic E-state index is -4.13. The second kappa shape index (κ2) is 7.48. The Labute approximate surface area is 122 Å². The molecule has 0 spiro atoms. The smallest absolute Gasteiger partial charge is 0.335 e. The molecule has 0 aromatic heterocycles. The number of urea groups is 1. The molecule has 0 atom stereocenters. The van der Waals surface area contributed by atoms with Crippen molar-refractivity contribution < 1.29 is 21.6 Å². The van der Waals surface area contributed by atoms with Gasteiger partial charge < -0.3 is 5.32 Å². The number of carbonyl (C=O) groups is 1. The minimum absolute atomic E-state index is 0.00904. The highest BCUT2D eigenvalue weighted by Crippen LogP contribution is 2.10. The fourth-order valence-corrected chi connectivity index (χ4v) is 3.73. The predicted molar refractivity (Wildman–Crippen MR) is 73.1 cm³/mol. The van der Waals surface area contributed by atoms with Crippen molar-refractivity contribution in [3.8, 4) is 0 Å². The third kappa shape index (κ3) is 6.13. The van der Waals surface area contributed by atoms with Crippen molar-refractivity contribution in [2.24, 2.45) is 0 Å². The van der Waals surface area contributed by atoms with Crippen LogP contribution in [-0.4, -0.2) is 69.1 Å². The summed E-state index contributed by atoms with van der Waals surface area (Å²) in [7, 11) is -8.11. The van der Waals surface area contributed by atoms with Crippen LogP contribution in [-0.2, 0) is 20.0 Å². The predicted octanol–water partition coefficient (Wildman–Crippen LogP) is -0.388. The molecular weight excluding hydrogens is 341 g/mol. The van der Waals surface area contributed by atoms with E-state index in [0.29, 0.717) is 10.7 Å². The second-order valence-electron chi connectivity index (χ2n) is 3.42. The van der Waals surface area contributed by atoms with Crippen molar-refractivity contribution >= 4 is 49.3 Å². The van der Waals surface area contributed by atoms with Crippen LogP contribution in [0.1, 0.15) is 0 Å². The van der Waals surface area contributed by atoms with Gasteiger partial charge in [-0.1, -0.05) is 4.41 Å². The number of hydrogen-bond acceptors (Lipinski definition) is 5. The van der Waals surface area contributed by atoms with Gasteiger partial charge in [0.1, 0.15) is 0 Å². The molecule has 0 fully saturated rings. The summed E-state index contributed by atoms with van der Waals surface area (Å²) in [6.45, 7) is -0.368. The highest BCUT2D eigenvalue weighted by atomic mass is 35.5. The summed E-state index contributed by atoms with van der Waals surface area (Å²) in [5, 5.41) is 2.18. The molecule has 0 saturated heterocycles. The topological polar surface area (TPSA) is 104 Å². The summed E-state index contributed by atoms with van der Waals surface area (Å²) in [6, 6.07) is -1.11. The third-order valence-electron chi connectivity index (χ3n) is 1.72. The first-order valence-corrected chi connectivity index (χ1v) is 9.70. The largest absolute Gasteiger partial charge is 0.347 e. The van der Waals surface area contributed by atoms with E-state index in [-0.39, 0.29) is 29.3 Å². The van der Waals surface area contributed by atoms with Crippen LogP contribution in [0.4, 0.5) is 4.79 Å². The van der Waals surface area contributed by atoms with Crippen molar-refractivity contribution in [3.05, 3.63) is 0 Å². The van der Waals surface area contributed by atoms with E-state index in [2.05, 4.69) is 5.32 Å². The Hall–Kier alpha value is -0.290. The highest BCUT2D eigenvalue weighted by molar-refractivity contribution is 7.91. The number of halogens is 2.